The zero-order chi connectivity index (χ0) is 8.57. The number of hydrogen-bond donors (Lipinski definition) is 2. The third-order valence-corrected chi connectivity index (χ3v) is 1.29. The zero-order valence-electron chi connectivity index (χ0n) is 7.72. The van der Waals surface area contributed by atoms with Gasteiger partial charge < -0.3 is 11.5 Å². The van der Waals surface area contributed by atoms with Crippen LogP contribution in [0.25, 0.3) is 0 Å². The third-order valence-electron chi connectivity index (χ3n) is 1.29. The Labute approximate surface area is 79.7 Å². The molecule has 0 aromatic heterocycles. The molecule has 2 atom stereocenters. The van der Waals surface area contributed by atoms with E-state index in [2.05, 4.69) is 13.8 Å². The van der Waals surface area contributed by atoms with E-state index >= 15 is 0 Å². The lowest BCUT2D eigenvalue weighted by Crippen LogP contribution is -2.11. The van der Waals surface area contributed by atoms with Crippen molar-refractivity contribution in [1.82, 2.24) is 0 Å². The molecule has 0 rings (SSSR count). The highest BCUT2D eigenvalue weighted by molar-refractivity contribution is 4.43. The molecule has 2 heteroatoms. The highest BCUT2D eigenvalue weighted by Gasteiger charge is 1.80. The molecule has 0 spiro atoms. The average molecular weight is 178 g/mol. The van der Waals surface area contributed by atoms with Crippen LogP contribution in [0.5, 0.6) is 0 Å². The van der Waals surface area contributed by atoms with Crippen LogP contribution >= 0.6 is 0 Å². The molecule has 0 radical (unpaired) electrons. The van der Waals surface area contributed by atoms with Crippen molar-refractivity contribution >= 4 is 0 Å². The Hall–Kier alpha value is -0.0800. The maximum absolute atomic E-state index is 5.29. The Balaban J connectivity index is -0.0000000457. The highest BCUT2D eigenvalue weighted by atomic mass is 14.6. The molecule has 0 aliphatic heterocycles. The van der Waals surface area contributed by atoms with Gasteiger partial charge in [0.15, 0.2) is 0 Å². The van der Waals surface area contributed by atoms with Crippen LogP contribution in [0.4, 0.5) is 0 Å². The Morgan fingerprint density at radius 3 is 0.917 bits per heavy atom. The molecule has 4 N–H and O–H groups in total. The second-order valence-corrected chi connectivity index (χ2v) is 2.77. The van der Waals surface area contributed by atoms with Crippen molar-refractivity contribution < 1.29 is 0 Å². The van der Waals surface area contributed by atoms with Crippen LogP contribution in [0.1, 0.15) is 55.4 Å². The van der Waals surface area contributed by atoms with Crippen LogP contribution in [-0.4, -0.2) is 12.1 Å². The summed E-state index contributed by atoms with van der Waals surface area (Å²) in [6.45, 7) is 8.15. The number of rotatable bonds is 2. The van der Waals surface area contributed by atoms with Gasteiger partial charge in [0.1, 0.15) is 0 Å². The van der Waals surface area contributed by atoms with Gasteiger partial charge in [0.05, 0.1) is 0 Å². The van der Waals surface area contributed by atoms with E-state index in [1.54, 1.807) is 0 Å². The van der Waals surface area contributed by atoms with Crippen LogP contribution in [-0.2, 0) is 0 Å². The second-order valence-electron chi connectivity index (χ2n) is 2.77. The molecule has 2 nitrogen and oxygen atoms in total. The largest absolute Gasteiger partial charge is 0.328 e. The van der Waals surface area contributed by atoms with E-state index in [1.165, 1.54) is 0 Å². The summed E-state index contributed by atoms with van der Waals surface area (Å²) in [5, 5.41) is 0. The fraction of sp³-hybridized carbons (Fsp3) is 1.00. The van der Waals surface area contributed by atoms with Crippen molar-refractivity contribution in [3.05, 3.63) is 0 Å². The normalized spacial score (nSPS) is 12.5. The average Bonchev–Trinajstić information content (AvgIpc) is 1.89. The molecular weight excluding hydrogens is 148 g/mol. The molecule has 0 aliphatic rings. The summed E-state index contributed by atoms with van der Waals surface area (Å²) in [5.41, 5.74) is 10.6. The summed E-state index contributed by atoms with van der Waals surface area (Å²) >= 11 is 0. The predicted octanol–water partition coefficient (Wildman–Crippen LogP) is 2.76. The van der Waals surface area contributed by atoms with Gasteiger partial charge in [-0.15, -0.1) is 0 Å². The topological polar surface area (TPSA) is 52.0 Å². The molecule has 0 aliphatic carbocycles. The lowest BCUT2D eigenvalue weighted by atomic mass is 10.3. The van der Waals surface area contributed by atoms with Gasteiger partial charge in [0, 0.05) is 12.1 Å². The fourth-order valence-corrected chi connectivity index (χ4v) is 0. The van der Waals surface area contributed by atoms with E-state index in [1.807, 2.05) is 13.8 Å². The SMILES string of the molecule is C.C.CC[C@@H](C)N.CC[C@H](C)N. The van der Waals surface area contributed by atoms with E-state index in [0.29, 0.717) is 12.1 Å². The first-order valence-corrected chi connectivity index (χ1v) is 4.05. The Morgan fingerprint density at radius 1 is 0.833 bits per heavy atom. The van der Waals surface area contributed by atoms with Gasteiger partial charge in [0.25, 0.3) is 0 Å². The molecule has 0 aromatic rings. The summed E-state index contributed by atoms with van der Waals surface area (Å²) in [4.78, 5) is 0. The first kappa shape index (κ1) is 22.7. The summed E-state index contributed by atoms with van der Waals surface area (Å²) in [6.07, 6.45) is 2.17. The Morgan fingerprint density at radius 2 is 0.917 bits per heavy atom. The molecule has 0 unspecified atom stereocenters. The first-order valence-electron chi connectivity index (χ1n) is 4.05. The predicted molar refractivity (Wildman–Crippen MR) is 61.3 cm³/mol. The molecule has 0 bridgehead atoms. The lowest BCUT2D eigenvalue weighted by Gasteiger charge is -1.91. The van der Waals surface area contributed by atoms with Gasteiger partial charge in [-0.05, 0) is 26.7 Å². The fourth-order valence-electron chi connectivity index (χ4n) is 0. The van der Waals surface area contributed by atoms with Crippen LogP contribution in [0.15, 0.2) is 0 Å². The Kier molecular flexibility index (Phi) is 32.4. The van der Waals surface area contributed by atoms with E-state index in [-0.39, 0.29) is 14.9 Å². The minimum atomic E-state index is 0. The van der Waals surface area contributed by atoms with Gasteiger partial charge in [-0.25, -0.2) is 0 Å². The monoisotopic (exact) mass is 178 g/mol. The molecule has 0 amide bonds. The van der Waals surface area contributed by atoms with E-state index in [9.17, 15) is 0 Å². The van der Waals surface area contributed by atoms with Crippen LogP contribution in [0.3, 0.4) is 0 Å². The number of nitrogens with two attached hydrogens (primary N) is 2. The van der Waals surface area contributed by atoms with Crippen molar-refractivity contribution in [2.24, 2.45) is 11.5 Å². The minimum absolute atomic E-state index is 0. The van der Waals surface area contributed by atoms with E-state index < -0.39 is 0 Å². The van der Waals surface area contributed by atoms with E-state index in [4.69, 9.17) is 11.5 Å². The van der Waals surface area contributed by atoms with Gasteiger partial charge in [-0.2, -0.15) is 0 Å². The van der Waals surface area contributed by atoms with Gasteiger partial charge in [0.2, 0.25) is 0 Å². The zero-order valence-corrected chi connectivity index (χ0v) is 7.72. The Bertz CT molecular complexity index is 43.8. The van der Waals surface area contributed by atoms with Gasteiger partial charge in [-0.1, -0.05) is 28.7 Å². The van der Waals surface area contributed by atoms with Crippen LogP contribution in [0, 0.1) is 0 Å². The van der Waals surface area contributed by atoms with Gasteiger partial charge >= 0.3 is 0 Å². The summed E-state index contributed by atoms with van der Waals surface area (Å²) in [7, 11) is 0. The third kappa shape index (κ3) is 51.4. The minimum Gasteiger partial charge on any atom is -0.328 e. The quantitative estimate of drug-likeness (QED) is 0.683. The smallest absolute Gasteiger partial charge is 0.000781 e. The molecule has 12 heavy (non-hydrogen) atoms. The molecule has 0 heterocycles. The van der Waals surface area contributed by atoms with Crippen molar-refractivity contribution in [1.29, 1.82) is 0 Å². The maximum atomic E-state index is 5.29. The first-order chi connectivity index (χ1) is 4.54. The van der Waals surface area contributed by atoms with Crippen molar-refractivity contribution in [2.75, 3.05) is 0 Å². The van der Waals surface area contributed by atoms with Crippen molar-refractivity contribution in [3.8, 4) is 0 Å². The molecule has 0 aromatic carbocycles. The number of hydrogen-bond acceptors (Lipinski definition) is 2. The molecule has 0 saturated heterocycles. The summed E-state index contributed by atoms with van der Waals surface area (Å²) < 4.78 is 0. The summed E-state index contributed by atoms with van der Waals surface area (Å²) in [6, 6.07) is 0.769. The summed E-state index contributed by atoms with van der Waals surface area (Å²) in [5.74, 6) is 0. The molecule has 0 fully saturated rings. The van der Waals surface area contributed by atoms with E-state index in [0.717, 1.165) is 12.8 Å². The van der Waals surface area contributed by atoms with Crippen molar-refractivity contribution in [3.63, 3.8) is 0 Å². The molecule has 0 saturated carbocycles. The molecule has 80 valence electrons. The van der Waals surface area contributed by atoms with Crippen LogP contribution in [0.2, 0.25) is 0 Å². The van der Waals surface area contributed by atoms with Crippen molar-refractivity contribution in [2.45, 2.75) is 67.5 Å². The molecular formula is C10H30N2. The highest BCUT2D eigenvalue weighted by Crippen LogP contribution is 1.77. The van der Waals surface area contributed by atoms with Gasteiger partial charge in [-0.3, -0.25) is 0 Å². The van der Waals surface area contributed by atoms with Crippen LogP contribution < -0.4 is 11.5 Å². The maximum Gasteiger partial charge on any atom is 0.000781 e. The standard InChI is InChI=1S/2C4H11N.2CH4/c2*1-3-4(2)5;;/h2*4H,3,5H2,1-2H3;2*1H4/t2*4-;;/m10../s1. The second kappa shape index (κ2) is 17.1. The lowest BCUT2D eigenvalue weighted by molar-refractivity contribution is 0.714.